The van der Waals surface area contributed by atoms with Crippen molar-refractivity contribution in [3.63, 3.8) is 0 Å². The molecular weight excluding hydrogens is 340 g/mol. The van der Waals surface area contributed by atoms with Crippen molar-refractivity contribution in [2.75, 3.05) is 31.6 Å². The molecule has 0 aromatic rings. The molecule has 25 heavy (non-hydrogen) atoms. The van der Waals surface area contributed by atoms with Gasteiger partial charge in [0, 0.05) is 39.5 Å². The van der Waals surface area contributed by atoms with Crippen molar-refractivity contribution >= 4 is 21.7 Å². The molecule has 1 unspecified atom stereocenters. The maximum atomic E-state index is 12.4. The summed E-state index contributed by atoms with van der Waals surface area (Å²) in [6.45, 7) is 2.58. The Morgan fingerprint density at radius 3 is 2.56 bits per heavy atom. The van der Waals surface area contributed by atoms with E-state index in [0.717, 1.165) is 19.3 Å². The first-order valence-corrected chi connectivity index (χ1v) is 11.0. The topological polar surface area (TPSA) is 74.8 Å². The second kappa shape index (κ2) is 8.83. The molecule has 2 rings (SSSR count). The van der Waals surface area contributed by atoms with Crippen LogP contribution in [0.3, 0.4) is 0 Å². The third-order valence-electron chi connectivity index (χ3n) is 5.28. The number of carbonyl (C=O) groups is 2. The van der Waals surface area contributed by atoms with Crippen LogP contribution in [0.15, 0.2) is 11.6 Å². The normalized spacial score (nSPS) is 22.3. The standard InChI is InChI=1S/C18H30N2O4S/c1-15(21)20(11-8-16-6-4-3-5-7-16)12-9-18(22)19(2)17-10-13-25(23,24)14-17/h6,17H,3-5,7-14H2,1-2H3. The van der Waals surface area contributed by atoms with Gasteiger partial charge in [-0.15, -0.1) is 0 Å². The number of allylic oxidation sites excluding steroid dienone is 1. The fourth-order valence-electron chi connectivity index (χ4n) is 3.53. The van der Waals surface area contributed by atoms with E-state index >= 15 is 0 Å². The number of hydrogen-bond acceptors (Lipinski definition) is 4. The number of hydrogen-bond donors (Lipinski definition) is 0. The Morgan fingerprint density at radius 1 is 1.24 bits per heavy atom. The van der Waals surface area contributed by atoms with Crippen LogP contribution in [0.1, 0.15) is 51.9 Å². The van der Waals surface area contributed by atoms with Gasteiger partial charge >= 0.3 is 0 Å². The first-order chi connectivity index (χ1) is 11.8. The van der Waals surface area contributed by atoms with Crippen molar-refractivity contribution in [1.82, 2.24) is 9.80 Å². The number of nitrogens with zero attached hydrogens (tertiary/aromatic N) is 2. The lowest BCUT2D eigenvalue weighted by Gasteiger charge is -2.26. The smallest absolute Gasteiger partial charge is 0.224 e. The monoisotopic (exact) mass is 370 g/mol. The van der Waals surface area contributed by atoms with Crippen LogP contribution in [0, 0.1) is 0 Å². The summed E-state index contributed by atoms with van der Waals surface area (Å²) in [6.07, 6.45) is 8.62. The van der Waals surface area contributed by atoms with E-state index in [0.29, 0.717) is 19.5 Å². The molecule has 0 N–H and O–H groups in total. The van der Waals surface area contributed by atoms with E-state index in [1.165, 1.54) is 25.3 Å². The van der Waals surface area contributed by atoms with Crippen LogP contribution in [0.5, 0.6) is 0 Å². The average Bonchev–Trinajstić information content (AvgIpc) is 2.94. The maximum Gasteiger partial charge on any atom is 0.224 e. The summed E-state index contributed by atoms with van der Waals surface area (Å²) in [6, 6.07) is -0.226. The van der Waals surface area contributed by atoms with Gasteiger partial charge in [-0.2, -0.15) is 0 Å². The third-order valence-corrected chi connectivity index (χ3v) is 7.03. The highest BCUT2D eigenvalue weighted by molar-refractivity contribution is 7.91. The molecular formula is C18H30N2O4S. The zero-order chi connectivity index (χ0) is 18.4. The van der Waals surface area contributed by atoms with Gasteiger partial charge in [0.15, 0.2) is 9.84 Å². The van der Waals surface area contributed by atoms with Gasteiger partial charge in [0.1, 0.15) is 0 Å². The largest absolute Gasteiger partial charge is 0.342 e. The molecule has 142 valence electrons. The van der Waals surface area contributed by atoms with Gasteiger partial charge in [0.2, 0.25) is 11.8 Å². The number of amides is 2. The van der Waals surface area contributed by atoms with Gasteiger partial charge in [-0.05, 0) is 38.5 Å². The van der Waals surface area contributed by atoms with Crippen LogP contribution in [-0.2, 0) is 19.4 Å². The minimum atomic E-state index is -3.00. The zero-order valence-corrected chi connectivity index (χ0v) is 16.2. The van der Waals surface area contributed by atoms with Crippen LogP contribution in [0.4, 0.5) is 0 Å². The van der Waals surface area contributed by atoms with Crippen LogP contribution >= 0.6 is 0 Å². The molecule has 0 aromatic carbocycles. The minimum Gasteiger partial charge on any atom is -0.342 e. The Hall–Kier alpha value is -1.37. The molecule has 1 saturated heterocycles. The quantitative estimate of drug-likeness (QED) is 0.640. The molecule has 1 heterocycles. The fraction of sp³-hybridized carbons (Fsp3) is 0.778. The van der Waals surface area contributed by atoms with Crippen molar-refractivity contribution in [2.45, 2.75) is 57.9 Å². The lowest BCUT2D eigenvalue weighted by molar-refractivity contribution is -0.133. The summed E-state index contributed by atoms with van der Waals surface area (Å²) >= 11 is 0. The molecule has 2 aliphatic rings. The summed E-state index contributed by atoms with van der Waals surface area (Å²) in [5, 5.41) is 0. The van der Waals surface area contributed by atoms with E-state index in [4.69, 9.17) is 0 Å². The van der Waals surface area contributed by atoms with Crippen molar-refractivity contribution < 1.29 is 18.0 Å². The predicted molar refractivity (Wildman–Crippen MR) is 97.9 cm³/mol. The summed E-state index contributed by atoms with van der Waals surface area (Å²) in [5.41, 5.74) is 1.41. The van der Waals surface area contributed by atoms with E-state index in [2.05, 4.69) is 6.08 Å². The Bertz CT molecular complexity index is 627. The van der Waals surface area contributed by atoms with Crippen molar-refractivity contribution in [1.29, 1.82) is 0 Å². The molecule has 0 radical (unpaired) electrons. The number of rotatable bonds is 7. The third kappa shape index (κ3) is 6.13. The molecule has 6 nitrogen and oxygen atoms in total. The van der Waals surface area contributed by atoms with Crippen molar-refractivity contribution in [3.8, 4) is 0 Å². The SMILES string of the molecule is CC(=O)N(CCC(=O)N(C)C1CCS(=O)(=O)C1)CCC1=CCCCC1. The molecule has 2 amide bonds. The summed E-state index contributed by atoms with van der Waals surface area (Å²) < 4.78 is 23.1. The minimum absolute atomic E-state index is 0.0182. The second-order valence-electron chi connectivity index (χ2n) is 7.18. The Balaban J connectivity index is 1.80. The van der Waals surface area contributed by atoms with Gasteiger partial charge in [0.05, 0.1) is 11.5 Å². The van der Waals surface area contributed by atoms with Gasteiger partial charge < -0.3 is 9.80 Å². The van der Waals surface area contributed by atoms with Gasteiger partial charge in [-0.3, -0.25) is 9.59 Å². The molecule has 0 aromatic heterocycles. The highest BCUT2D eigenvalue weighted by Crippen LogP contribution is 2.21. The summed E-state index contributed by atoms with van der Waals surface area (Å²) in [4.78, 5) is 27.5. The first-order valence-electron chi connectivity index (χ1n) is 9.18. The highest BCUT2D eigenvalue weighted by Gasteiger charge is 2.32. The lowest BCUT2D eigenvalue weighted by atomic mass is 9.97. The predicted octanol–water partition coefficient (Wildman–Crippen LogP) is 1.76. The number of sulfone groups is 1. The van der Waals surface area contributed by atoms with Crippen LogP contribution < -0.4 is 0 Å². The molecule has 0 bridgehead atoms. The van der Waals surface area contributed by atoms with E-state index in [1.54, 1.807) is 16.8 Å². The Morgan fingerprint density at radius 2 is 2.00 bits per heavy atom. The van der Waals surface area contributed by atoms with Crippen molar-refractivity contribution in [2.24, 2.45) is 0 Å². The lowest BCUT2D eigenvalue weighted by Crippen LogP contribution is -2.40. The molecule has 7 heteroatoms. The van der Waals surface area contributed by atoms with Crippen LogP contribution in [0.2, 0.25) is 0 Å². The molecule has 1 fully saturated rings. The van der Waals surface area contributed by atoms with E-state index in [-0.39, 0.29) is 35.8 Å². The van der Waals surface area contributed by atoms with Crippen LogP contribution in [-0.4, -0.2) is 67.7 Å². The first kappa shape index (κ1) is 19.9. The molecule has 1 aliphatic carbocycles. The Kier molecular flexibility index (Phi) is 7.04. The summed E-state index contributed by atoms with van der Waals surface area (Å²) in [5.74, 6) is 0.101. The molecule has 1 aliphatic heterocycles. The van der Waals surface area contributed by atoms with Gasteiger partial charge in [0.25, 0.3) is 0 Å². The number of carbonyl (C=O) groups excluding carboxylic acids is 2. The Labute approximate surface area is 151 Å². The fourth-order valence-corrected chi connectivity index (χ4v) is 5.30. The maximum absolute atomic E-state index is 12.4. The van der Waals surface area contributed by atoms with E-state index in [9.17, 15) is 18.0 Å². The average molecular weight is 371 g/mol. The summed E-state index contributed by atoms with van der Waals surface area (Å²) in [7, 11) is -1.34. The highest BCUT2D eigenvalue weighted by atomic mass is 32.2. The van der Waals surface area contributed by atoms with Crippen molar-refractivity contribution in [3.05, 3.63) is 11.6 Å². The van der Waals surface area contributed by atoms with E-state index < -0.39 is 9.84 Å². The molecule has 0 saturated carbocycles. The van der Waals surface area contributed by atoms with E-state index in [1.807, 2.05) is 0 Å². The van der Waals surface area contributed by atoms with Gasteiger partial charge in [-0.1, -0.05) is 11.6 Å². The van der Waals surface area contributed by atoms with Crippen LogP contribution in [0.25, 0.3) is 0 Å². The van der Waals surface area contributed by atoms with Gasteiger partial charge in [-0.25, -0.2) is 8.42 Å². The second-order valence-corrected chi connectivity index (χ2v) is 9.40. The molecule has 1 atom stereocenters. The zero-order valence-electron chi connectivity index (χ0n) is 15.4. The molecule has 0 spiro atoms.